The number of hydrogen-bond donors (Lipinski definition) is 2. The second kappa shape index (κ2) is 5.06. The minimum atomic E-state index is -0.784. The zero-order chi connectivity index (χ0) is 14.3. The Balaban J connectivity index is 1.97. The quantitative estimate of drug-likeness (QED) is 0.907. The molecule has 106 valence electrons. The summed E-state index contributed by atoms with van der Waals surface area (Å²) in [6.45, 7) is 1.58. The summed E-state index contributed by atoms with van der Waals surface area (Å²) in [6, 6.07) is 4.44. The van der Waals surface area contributed by atoms with E-state index in [1.54, 1.807) is 17.6 Å². The highest BCUT2D eigenvalue weighted by molar-refractivity contribution is 7.99. The van der Waals surface area contributed by atoms with Crippen LogP contribution in [0.15, 0.2) is 33.0 Å². The fraction of sp³-hybridized carbons (Fsp3) is 0.385. The topological polar surface area (TPSA) is 70.9 Å². The number of H-pyrrole nitrogens is 1. The molecule has 1 aliphatic rings. The molecular weight excluding hydrogens is 281 g/mol. The number of benzene rings is 1. The van der Waals surface area contributed by atoms with Gasteiger partial charge in [-0.3, -0.25) is 4.57 Å². The van der Waals surface area contributed by atoms with Crippen molar-refractivity contribution in [2.45, 2.75) is 42.0 Å². The molecule has 0 spiro atoms. The Morgan fingerprint density at radius 1 is 1.55 bits per heavy atom. The van der Waals surface area contributed by atoms with Gasteiger partial charge in [-0.15, -0.1) is 5.10 Å². The van der Waals surface area contributed by atoms with Crippen LogP contribution in [0, 0.1) is 5.82 Å². The van der Waals surface area contributed by atoms with Crippen molar-refractivity contribution in [3.63, 3.8) is 0 Å². The number of rotatable bonds is 4. The van der Waals surface area contributed by atoms with E-state index < -0.39 is 11.9 Å². The summed E-state index contributed by atoms with van der Waals surface area (Å²) in [7, 11) is 0. The van der Waals surface area contributed by atoms with E-state index in [-0.39, 0.29) is 11.7 Å². The lowest BCUT2D eigenvalue weighted by molar-refractivity contribution is 0.196. The molecule has 7 heteroatoms. The van der Waals surface area contributed by atoms with Crippen molar-refractivity contribution in [2.24, 2.45) is 0 Å². The van der Waals surface area contributed by atoms with Crippen LogP contribution in [-0.4, -0.2) is 19.9 Å². The van der Waals surface area contributed by atoms with Gasteiger partial charge in [-0.05, 0) is 55.3 Å². The smallest absolute Gasteiger partial charge is 0.344 e. The lowest BCUT2D eigenvalue weighted by Crippen LogP contribution is -2.16. The third-order valence-corrected chi connectivity index (χ3v) is 4.27. The lowest BCUT2D eigenvalue weighted by Gasteiger charge is -2.11. The number of halogens is 1. The summed E-state index contributed by atoms with van der Waals surface area (Å²) in [5, 5.41) is 16.7. The minimum Gasteiger partial charge on any atom is -0.389 e. The van der Waals surface area contributed by atoms with Crippen molar-refractivity contribution < 1.29 is 9.50 Å². The summed E-state index contributed by atoms with van der Waals surface area (Å²) in [4.78, 5) is 12.4. The Hall–Kier alpha value is -1.60. The predicted molar refractivity (Wildman–Crippen MR) is 72.3 cm³/mol. The minimum absolute atomic E-state index is 0.208. The molecule has 3 rings (SSSR count). The summed E-state index contributed by atoms with van der Waals surface area (Å²) in [6.07, 6.45) is 1.16. The molecule has 1 heterocycles. The number of aliphatic hydroxyl groups excluding tert-OH is 1. The van der Waals surface area contributed by atoms with Crippen molar-refractivity contribution in [1.29, 1.82) is 0 Å². The van der Waals surface area contributed by atoms with Crippen LogP contribution in [0.2, 0.25) is 0 Å². The highest BCUT2D eigenvalue weighted by atomic mass is 32.2. The highest BCUT2D eigenvalue weighted by Crippen LogP contribution is 2.39. The maximum Gasteiger partial charge on any atom is 0.344 e. The van der Waals surface area contributed by atoms with Gasteiger partial charge in [0.05, 0.1) is 6.10 Å². The molecule has 1 atom stereocenters. The maximum absolute atomic E-state index is 13.3. The van der Waals surface area contributed by atoms with Crippen molar-refractivity contribution in [2.75, 3.05) is 0 Å². The molecule has 20 heavy (non-hydrogen) atoms. The summed E-state index contributed by atoms with van der Waals surface area (Å²) in [5.74, 6) is -0.396. The van der Waals surface area contributed by atoms with Crippen LogP contribution in [0.5, 0.6) is 0 Å². The molecular formula is C13H14FN3O2S. The molecule has 2 N–H and O–H groups in total. The van der Waals surface area contributed by atoms with Crippen LogP contribution in [0.4, 0.5) is 4.39 Å². The fourth-order valence-corrected chi connectivity index (χ4v) is 3.16. The van der Waals surface area contributed by atoms with Crippen LogP contribution in [-0.2, 0) is 0 Å². The number of nitrogens with zero attached hydrogens (tertiary/aromatic N) is 2. The van der Waals surface area contributed by atoms with Crippen LogP contribution >= 0.6 is 11.8 Å². The van der Waals surface area contributed by atoms with Gasteiger partial charge in [0.1, 0.15) is 5.82 Å². The standard InChI is InChI=1S/C13H14FN3O2S/c1-7(18)10-6-8(14)2-5-11(10)20-13-16-15-12(19)17(13)9-3-4-9/h2,5-7,9,18H,3-4H2,1H3,(H,15,19)/t7-/m0/s1. The third-order valence-electron chi connectivity index (χ3n) is 3.21. The highest BCUT2D eigenvalue weighted by Gasteiger charge is 2.29. The van der Waals surface area contributed by atoms with Crippen LogP contribution in [0.1, 0.15) is 37.5 Å². The van der Waals surface area contributed by atoms with E-state index in [9.17, 15) is 14.3 Å². The second-order valence-corrected chi connectivity index (χ2v) is 5.88. The number of nitrogens with one attached hydrogen (secondary N) is 1. The normalized spacial score (nSPS) is 16.4. The van der Waals surface area contributed by atoms with Crippen molar-refractivity contribution in [3.05, 3.63) is 40.1 Å². The molecule has 0 unspecified atom stereocenters. The molecule has 1 aliphatic carbocycles. The lowest BCUT2D eigenvalue weighted by atomic mass is 10.1. The van der Waals surface area contributed by atoms with E-state index in [4.69, 9.17) is 0 Å². The molecule has 0 radical (unpaired) electrons. The first-order valence-corrected chi connectivity index (χ1v) is 7.20. The van der Waals surface area contributed by atoms with Crippen molar-refractivity contribution in [1.82, 2.24) is 14.8 Å². The zero-order valence-electron chi connectivity index (χ0n) is 10.8. The van der Waals surface area contributed by atoms with E-state index >= 15 is 0 Å². The third kappa shape index (κ3) is 2.51. The molecule has 0 saturated heterocycles. The Morgan fingerprint density at radius 2 is 2.30 bits per heavy atom. The largest absolute Gasteiger partial charge is 0.389 e. The van der Waals surface area contributed by atoms with Crippen molar-refractivity contribution in [3.8, 4) is 0 Å². The molecule has 2 aromatic rings. The number of aromatic amines is 1. The van der Waals surface area contributed by atoms with Gasteiger partial charge in [0.25, 0.3) is 0 Å². The molecule has 0 aliphatic heterocycles. The van der Waals surface area contributed by atoms with Gasteiger partial charge >= 0.3 is 5.69 Å². The van der Waals surface area contributed by atoms with Gasteiger partial charge in [-0.2, -0.15) is 0 Å². The number of aliphatic hydroxyl groups is 1. The van der Waals surface area contributed by atoms with Gasteiger partial charge in [0.2, 0.25) is 0 Å². The van der Waals surface area contributed by atoms with Gasteiger partial charge in [0, 0.05) is 10.9 Å². The average Bonchev–Trinajstić information content (AvgIpc) is 3.17. The molecule has 0 amide bonds. The van der Waals surface area contributed by atoms with E-state index in [1.165, 1.54) is 23.9 Å². The van der Waals surface area contributed by atoms with Gasteiger partial charge < -0.3 is 5.11 Å². The predicted octanol–water partition coefficient (Wildman–Crippen LogP) is 2.25. The Labute approximate surface area is 118 Å². The van der Waals surface area contributed by atoms with Gasteiger partial charge in [-0.25, -0.2) is 14.3 Å². The molecule has 0 bridgehead atoms. The van der Waals surface area contributed by atoms with E-state index in [1.807, 2.05) is 0 Å². The Bertz CT molecular complexity index is 691. The number of aromatic nitrogens is 3. The molecule has 5 nitrogen and oxygen atoms in total. The summed E-state index contributed by atoms with van der Waals surface area (Å²) >= 11 is 1.26. The Kier molecular flexibility index (Phi) is 3.39. The number of hydrogen-bond acceptors (Lipinski definition) is 4. The second-order valence-electron chi connectivity index (χ2n) is 4.87. The summed E-state index contributed by atoms with van der Waals surface area (Å²) < 4.78 is 14.9. The maximum atomic E-state index is 13.3. The monoisotopic (exact) mass is 295 g/mol. The molecule has 1 fully saturated rings. The van der Waals surface area contributed by atoms with Crippen LogP contribution < -0.4 is 5.69 Å². The van der Waals surface area contributed by atoms with Crippen LogP contribution in [0.3, 0.4) is 0 Å². The van der Waals surface area contributed by atoms with E-state index in [0.717, 1.165) is 12.8 Å². The average molecular weight is 295 g/mol. The SMILES string of the molecule is C[C@H](O)c1cc(F)ccc1Sc1n[nH]c(=O)n1C1CC1. The van der Waals surface area contributed by atoms with Gasteiger partial charge in [0.15, 0.2) is 5.16 Å². The molecule has 1 saturated carbocycles. The van der Waals surface area contributed by atoms with E-state index in [2.05, 4.69) is 10.2 Å². The zero-order valence-corrected chi connectivity index (χ0v) is 11.7. The Morgan fingerprint density at radius 3 is 2.95 bits per heavy atom. The van der Waals surface area contributed by atoms with Gasteiger partial charge in [-0.1, -0.05) is 0 Å². The first kappa shape index (κ1) is 13.4. The first-order valence-electron chi connectivity index (χ1n) is 6.38. The van der Waals surface area contributed by atoms with Crippen LogP contribution in [0.25, 0.3) is 0 Å². The first-order chi connectivity index (χ1) is 9.56. The summed E-state index contributed by atoms with van der Waals surface area (Å²) in [5.41, 5.74) is 0.267. The molecule has 1 aromatic heterocycles. The van der Waals surface area contributed by atoms with E-state index in [0.29, 0.717) is 15.6 Å². The molecule has 1 aromatic carbocycles. The van der Waals surface area contributed by atoms with Crippen molar-refractivity contribution >= 4 is 11.8 Å². The fourth-order valence-electron chi connectivity index (χ4n) is 2.05.